The quantitative estimate of drug-likeness (QED) is 0.393. The molecule has 0 saturated heterocycles. The molecule has 1 N–H and O–H groups in total. The molecule has 2 atom stereocenters. The lowest BCUT2D eigenvalue weighted by molar-refractivity contribution is -0.384. The minimum atomic E-state index is -3.94. The van der Waals surface area contributed by atoms with E-state index in [0.29, 0.717) is 0 Å². The molecule has 1 aromatic rings. The Morgan fingerprint density at radius 2 is 1.81 bits per heavy atom. The van der Waals surface area contributed by atoms with E-state index in [1.807, 2.05) is 0 Å². The van der Waals surface area contributed by atoms with E-state index < -0.39 is 38.9 Å². The van der Waals surface area contributed by atoms with Gasteiger partial charge in [0.15, 0.2) is 0 Å². The molecule has 1 amide bonds. The third-order valence-electron chi connectivity index (χ3n) is 3.76. The van der Waals surface area contributed by atoms with Gasteiger partial charge in [-0.3, -0.25) is 14.9 Å². The van der Waals surface area contributed by atoms with Gasteiger partial charge in [0.05, 0.1) is 16.9 Å². The Labute approximate surface area is 151 Å². The van der Waals surface area contributed by atoms with Gasteiger partial charge in [0.1, 0.15) is 6.04 Å². The zero-order valence-electron chi connectivity index (χ0n) is 14.8. The third-order valence-corrected chi connectivity index (χ3v) is 5.74. The first-order valence-corrected chi connectivity index (χ1v) is 9.04. The van der Waals surface area contributed by atoms with Crippen molar-refractivity contribution in [2.24, 2.45) is 0 Å². The van der Waals surface area contributed by atoms with Crippen LogP contribution in [-0.4, -0.2) is 55.8 Å². The number of benzene rings is 1. The topological polar surface area (TPSA) is 136 Å². The molecule has 1 aromatic carbocycles. The predicted molar refractivity (Wildman–Crippen MR) is 91.7 cm³/mol. The van der Waals surface area contributed by atoms with Crippen LogP contribution < -0.4 is 5.32 Å². The Bertz CT molecular complexity index is 777. The fraction of sp³-hybridized carbons (Fsp3) is 0.467. The number of sulfonamides is 1. The van der Waals surface area contributed by atoms with Gasteiger partial charge >= 0.3 is 5.97 Å². The van der Waals surface area contributed by atoms with Gasteiger partial charge in [-0.2, -0.15) is 4.31 Å². The Kier molecular flexibility index (Phi) is 7.21. The Balaban J connectivity index is 2.82. The highest BCUT2D eigenvalue weighted by atomic mass is 32.2. The van der Waals surface area contributed by atoms with Crippen molar-refractivity contribution < 1.29 is 27.7 Å². The zero-order chi connectivity index (χ0) is 20.1. The second-order valence-corrected chi connectivity index (χ2v) is 7.64. The minimum absolute atomic E-state index is 0.124. The van der Waals surface area contributed by atoms with Gasteiger partial charge in [-0.1, -0.05) is 0 Å². The van der Waals surface area contributed by atoms with Crippen molar-refractivity contribution in [3.63, 3.8) is 0 Å². The molecule has 1 rings (SSSR count). The monoisotopic (exact) mass is 387 g/mol. The van der Waals surface area contributed by atoms with Crippen LogP contribution in [0.25, 0.3) is 0 Å². The highest BCUT2D eigenvalue weighted by molar-refractivity contribution is 7.89. The van der Waals surface area contributed by atoms with Crippen molar-refractivity contribution in [1.82, 2.24) is 9.62 Å². The van der Waals surface area contributed by atoms with Crippen LogP contribution in [0.3, 0.4) is 0 Å². The van der Waals surface area contributed by atoms with Crippen LogP contribution in [-0.2, 0) is 24.3 Å². The summed E-state index contributed by atoms with van der Waals surface area (Å²) in [4.78, 5) is 33.1. The first kappa shape index (κ1) is 21.5. The van der Waals surface area contributed by atoms with Crippen molar-refractivity contribution in [2.45, 2.75) is 37.2 Å². The van der Waals surface area contributed by atoms with E-state index in [1.54, 1.807) is 0 Å². The van der Waals surface area contributed by atoms with Gasteiger partial charge in [0.2, 0.25) is 15.9 Å². The van der Waals surface area contributed by atoms with Crippen molar-refractivity contribution in [2.75, 3.05) is 14.2 Å². The molecule has 144 valence electrons. The van der Waals surface area contributed by atoms with E-state index in [-0.39, 0.29) is 17.0 Å². The largest absolute Gasteiger partial charge is 0.467 e. The van der Waals surface area contributed by atoms with Crippen LogP contribution >= 0.6 is 0 Å². The minimum Gasteiger partial charge on any atom is -0.467 e. The van der Waals surface area contributed by atoms with Crippen molar-refractivity contribution in [1.29, 1.82) is 0 Å². The molecule has 0 radical (unpaired) electrons. The van der Waals surface area contributed by atoms with Crippen LogP contribution in [0.4, 0.5) is 5.69 Å². The maximum atomic E-state index is 12.6. The molecular formula is C15H21N3O7S. The average Bonchev–Trinajstić information content (AvgIpc) is 2.59. The maximum Gasteiger partial charge on any atom is 0.328 e. The summed E-state index contributed by atoms with van der Waals surface area (Å²) in [5.41, 5.74) is -0.226. The molecule has 0 aliphatic carbocycles. The SMILES string of the molecule is COC(=O)[C@H](C)NC(=O)C[C@H](C)N(C)S(=O)(=O)c1ccc([N+](=O)[O-])cc1. The molecule has 0 aliphatic rings. The van der Waals surface area contributed by atoms with E-state index in [1.165, 1.54) is 28.0 Å². The van der Waals surface area contributed by atoms with Crippen LogP contribution in [0.5, 0.6) is 0 Å². The number of non-ortho nitro benzene ring substituents is 1. The molecule has 0 heterocycles. The fourth-order valence-electron chi connectivity index (χ4n) is 2.08. The van der Waals surface area contributed by atoms with Crippen LogP contribution in [0.2, 0.25) is 0 Å². The highest BCUT2D eigenvalue weighted by Crippen LogP contribution is 2.20. The lowest BCUT2D eigenvalue weighted by atomic mass is 10.2. The molecule has 0 bridgehead atoms. The van der Waals surface area contributed by atoms with Crippen LogP contribution in [0.15, 0.2) is 29.2 Å². The number of nitro groups is 1. The summed E-state index contributed by atoms with van der Waals surface area (Å²) in [5, 5.41) is 13.1. The summed E-state index contributed by atoms with van der Waals surface area (Å²) < 4.78 is 30.6. The average molecular weight is 387 g/mol. The smallest absolute Gasteiger partial charge is 0.328 e. The molecular weight excluding hydrogens is 366 g/mol. The normalized spacial score (nSPS) is 13.7. The molecule has 0 saturated carbocycles. The highest BCUT2D eigenvalue weighted by Gasteiger charge is 2.28. The van der Waals surface area contributed by atoms with E-state index in [2.05, 4.69) is 10.1 Å². The summed E-state index contributed by atoms with van der Waals surface area (Å²) >= 11 is 0. The molecule has 11 heteroatoms. The second kappa shape index (κ2) is 8.72. The van der Waals surface area contributed by atoms with Crippen molar-refractivity contribution in [3.8, 4) is 0 Å². The van der Waals surface area contributed by atoms with Gasteiger partial charge in [-0.05, 0) is 26.0 Å². The Hall–Kier alpha value is -2.53. The number of esters is 1. The van der Waals surface area contributed by atoms with Crippen LogP contribution in [0, 0.1) is 10.1 Å². The maximum absolute atomic E-state index is 12.6. The summed E-state index contributed by atoms with van der Waals surface area (Å²) in [5.74, 6) is -1.13. The summed E-state index contributed by atoms with van der Waals surface area (Å²) in [6, 6.07) is 2.90. The van der Waals surface area contributed by atoms with E-state index in [0.717, 1.165) is 28.6 Å². The Morgan fingerprint density at radius 3 is 2.27 bits per heavy atom. The molecule has 0 spiro atoms. The third kappa shape index (κ3) is 5.23. The molecule has 0 aromatic heterocycles. The van der Waals surface area contributed by atoms with E-state index in [4.69, 9.17) is 0 Å². The fourth-order valence-corrected chi connectivity index (χ4v) is 3.44. The van der Waals surface area contributed by atoms with Gasteiger partial charge in [-0.25, -0.2) is 13.2 Å². The van der Waals surface area contributed by atoms with Gasteiger partial charge < -0.3 is 10.1 Å². The van der Waals surface area contributed by atoms with Crippen LogP contribution in [0.1, 0.15) is 20.3 Å². The summed E-state index contributed by atoms with van der Waals surface area (Å²) in [6.45, 7) is 2.98. The number of hydrogen-bond acceptors (Lipinski definition) is 7. The van der Waals surface area contributed by atoms with Gasteiger partial charge in [0, 0.05) is 31.6 Å². The standard InChI is InChI=1S/C15H21N3O7S/c1-10(9-14(19)16-11(2)15(20)25-4)17(3)26(23,24)13-7-5-12(6-8-13)18(21)22/h5-8,10-11H,9H2,1-4H3,(H,16,19)/t10-,11-/m0/s1. The van der Waals surface area contributed by atoms with E-state index in [9.17, 15) is 28.1 Å². The molecule has 0 unspecified atom stereocenters. The lowest BCUT2D eigenvalue weighted by Crippen LogP contribution is -2.43. The van der Waals surface area contributed by atoms with Gasteiger partial charge in [-0.15, -0.1) is 0 Å². The number of rotatable bonds is 8. The summed E-state index contributed by atoms with van der Waals surface area (Å²) in [6.07, 6.45) is -0.177. The molecule has 0 fully saturated rings. The zero-order valence-corrected chi connectivity index (χ0v) is 15.6. The first-order valence-electron chi connectivity index (χ1n) is 7.60. The molecule has 10 nitrogen and oxygen atoms in total. The number of nitrogens with zero attached hydrogens (tertiary/aromatic N) is 2. The van der Waals surface area contributed by atoms with Gasteiger partial charge in [0.25, 0.3) is 5.69 Å². The first-order chi connectivity index (χ1) is 12.0. The molecule has 26 heavy (non-hydrogen) atoms. The predicted octanol–water partition coefficient (Wildman–Crippen LogP) is 0.672. The summed E-state index contributed by atoms with van der Waals surface area (Å²) in [7, 11) is -1.44. The number of amides is 1. The number of hydrogen-bond donors (Lipinski definition) is 1. The number of carbonyl (C=O) groups excluding carboxylic acids is 2. The number of methoxy groups -OCH3 is 1. The number of nitrogens with one attached hydrogen (secondary N) is 1. The number of ether oxygens (including phenoxy) is 1. The van der Waals surface area contributed by atoms with Crippen molar-refractivity contribution in [3.05, 3.63) is 34.4 Å². The number of nitro benzene ring substituents is 1. The second-order valence-electron chi connectivity index (χ2n) is 5.64. The Morgan fingerprint density at radius 1 is 1.27 bits per heavy atom. The lowest BCUT2D eigenvalue weighted by Gasteiger charge is -2.24. The van der Waals surface area contributed by atoms with E-state index >= 15 is 0 Å². The molecule has 0 aliphatic heterocycles. The number of carbonyl (C=O) groups is 2. The van der Waals surface area contributed by atoms with Crippen molar-refractivity contribution >= 4 is 27.6 Å².